The first-order valence-corrected chi connectivity index (χ1v) is 25.0. The number of halogens is 1. The van der Waals surface area contributed by atoms with Crippen LogP contribution in [0.5, 0.6) is 5.75 Å². The molecule has 0 unspecified atom stereocenters. The molecule has 0 spiro atoms. The van der Waals surface area contributed by atoms with Crippen LogP contribution in [0, 0.1) is 46.3 Å². The zero-order valence-electron chi connectivity index (χ0n) is 41.3. The number of rotatable bonds is 13. The number of fused-ring (bicyclic) bond motifs is 1. The van der Waals surface area contributed by atoms with Gasteiger partial charge in [0.1, 0.15) is 36.6 Å². The van der Waals surface area contributed by atoms with Gasteiger partial charge in [0.25, 0.3) is 5.91 Å². The Hall–Kier alpha value is -5.81. The highest BCUT2D eigenvalue weighted by Crippen LogP contribution is 2.59. The predicted molar refractivity (Wildman–Crippen MR) is 268 cm³/mol. The number of nitriles is 1. The molecule has 2 saturated heterocycles. The molecule has 8 rings (SSSR count). The number of hydrogen-bond acceptors (Lipinski definition) is 11. The zero-order chi connectivity index (χ0) is 50.4. The van der Waals surface area contributed by atoms with E-state index in [1.54, 1.807) is 29.5 Å². The molecule has 4 amide bonds. The minimum Gasteiger partial charge on any atom is -0.489 e. The van der Waals surface area contributed by atoms with Crippen LogP contribution in [0.3, 0.4) is 0 Å². The van der Waals surface area contributed by atoms with E-state index in [9.17, 15) is 29.5 Å². The number of amides is 4. The van der Waals surface area contributed by atoms with Crippen LogP contribution in [0.2, 0.25) is 5.02 Å². The molecule has 14 nitrogen and oxygen atoms in total. The third-order valence-electron chi connectivity index (χ3n) is 14.3. The zero-order valence-corrected chi connectivity index (χ0v) is 42.8. The minimum atomic E-state index is -0.969. The Labute approximate surface area is 419 Å². The van der Waals surface area contributed by atoms with Crippen molar-refractivity contribution in [3.63, 3.8) is 0 Å². The molecule has 368 valence electrons. The fraction of sp³-hybridized carbons (Fsp3) is 0.481. The maximum absolute atomic E-state index is 14.2. The number of nitrogens with one attached hydrogen (secondary N) is 2. The van der Waals surface area contributed by atoms with Crippen LogP contribution in [0.15, 0.2) is 66.2 Å². The Bertz CT molecular complexity index is 2760. The van der Waals surface area contributed by atoms with Gasteiger partial charge in [0, 0.05) is 66.7 Å². The summed E-state index contributed by atoms with van der Waals surface area (Å²) in [6, 6.07) is 18.5. The van der Waals surface area contributed by atoms with Crippen molar-refractivity contribution in [1.29, 1.82) is 5.26 Å². The number of hydrogen-bond donors (Lipinski definition) is 3. The topological polar surface area (TPSA) is 177 Å². The smallest absolute Gasteiger partial charge is 0.254 e. The summed E-state index contributed by atoms with van der Waals surface area (Å²) in [5.41, 5.74) is 6.09. The van der Waals surface area contributed by atoms with E-state index in [0.29, 0.717) is 48.1 Å². The molecule has 3 aromatic carbocycles. The van der Waals surface area contributed by atoms with Gasteiger partial charge in [0.05, 0.1) is 51.5 Å². The number of β-amino-alcohol motifs (C(OH)–C–C–N with tert-alkyl or cyclic N) is 1. The number of aromatic nitrogens is 1. The second-order valence-electron chi connectivity index (χ2n) is 21.4. The highest BCUT2D eigenvalue weighted by molar-refractivity contribution is 7.13. The number of likely N-dealkylation sites (tertiary alicyclic amines) is 2. The molecule has 1 aromatic heterocycles. The molecule has 3 N–H and O–H groups in total. The highest BCUT2D eigenvalue weighted by Gasteiger charge is 2.67. The normalized spacial score (nSPS) is 22.4. The summed E-state index contributed by atoms with van der Waals surface area (Å²) in [4.78, 5) is 65.9. The summed E-state index contributed by atoms with van der Waals surface area (Å²) in [6.07, 6.45) is -1.18. The molecule has 0 bridgehead atoms. The number of carbonyl (C=O) groups excluding carboxylic acids is 4. The van der Waals surface area contributed by atoms with Crippen LogP contribution in [0.4, 0.5) is 0 Å². The summed E-state index contributed by atoms with van der Waals surface area (Å²) in [5, 5.41) is 26.2. The summed E-state index contributed by atoms with van der Waals surface area (Å²) in [7, 11) is 0. The summed E-state index contributed by atoms with van der Waals surface area (Å²) < 4.78 is 12.4. The molecular formula is C54H62ClN7O7S. The van der Waals surface area contributed by atoms with Crippen molar-refractivity contribution in [3.05, 3.63) is 105 Å². The Morgan fingerprint density at radius 1 is 1.01 bits per heavy atom. The number of aliphatic hydroxyl groups excluding tert-OH is 1. The van der Waals surface area contributed by atoms with Crippen LogP contribution < -0.4 is 15.4 Å². The molecule has 1 aliphatic carbocycles. The monoisotopic (exact) mass is 987 g/mol. The van der Waals surface area contributed by atoms with Crippen LogP contribution in [0.25, 0.3) is 10.4 Å². The van der Waals surface area contributed by atoms with Gasteiger partial charge in [-0.25, -0.2) is 4.98 Å². The molecule has 0 radical (unpaired) electrons. The first kappa shape index (κ1) is 50.6. The molecule has 4 heterocycles. The molecule has 16 heteroatoms. The summed E-state index contributed by atoms with van der Waals surface area (Å²) in [5.74, 6) is 5.83. The number of benzene rings is 3. The van der Waals surface area contributed by atoms with E-state index >= 15 is 0 Å². The fourth-order valence-corrected chi connectivity index (χ4v) is 12.1. The van der Waals surface area contributed by atoms with Crippen molar-refractivity contribution >= 4 is 46.6 Å². The van der Waals surface area contributed by atoms with Crippen molar-refractivity contribution in [2.75, 3.05) is 32.8 Å². The standard InChI is InChI=1S/C54H62ClN7O7S/c1-31(34-13-15-35(16-14-34)45-32(2)57-30-70-45)58-47(65)43-22-38(63)26-61(43)49(67)46(52(3,4)5)59-44(64)29-68-40-27-60(28-40)20-10-11-33-12-19-41-37(21-33)25-62(48(41)66)50-53(6,7)51(54(50,8)9)69-39-18-17-36(24-56)42(55)23-39/h12-19,21,23,30-31,38,40,43,46,50-51,63H,20,22,25-29H2,1-9H3,(H,58,65)(H,59,64)/t31-,38+,43-,46+,50-,51-/m0/s1. The maximum Gasteiger partial charge on any atom is 0.254 e. The number of ether oxygens (including phenoxy) is 2. The molecule has 4 aromatic rings. The largest absolute Gasteiger partial charge is 0.489 e. The Balaban J connectivity index is 0.793. The van der Waals surface area contributed by atoms with Crippen molar-refractivity contribution in [2.24, 2.45) is 16.2 Å². The van der Waals surface area contributed by atoms with Gasteiger partial charge >= 0.3 is 0 Å². The lowest BCUT2D eigenvalue weighted by molar-refractivity contribution is -0.199. The van der Waals surface area contributed by atoms with Crippen molar-refractivity contribution < 1.29 is 33.8 Å². The molecule has 1 saturated carbocycles. The highest BCUT2D eigenvalue weighted by atomic mass is 35.5. The van der Waals surface area contributed by atoms with E-state index < -0.39 is 35.4 Å². The van der Waals surface area contributed by atoms with Gasteiger partial charge in [-0.2, -0.15) is 5.26 Å². The first-order valence-electron chi connectivity index (χ1n) is 23.8. The summed E-state index contributed by atoms with van der Waals surface area (Å²) in [6.45, 7) is 19.8. The molecule has 3 fully saturated rings. The number of aliphatic hydroxyl groups is 1. The fourth-order valence-electron chi connectivity index (χ4n) is 11.1. The SMILES string of the molecule is Cc1ncsc1-c1ccc([C@H](C)NC(=O)[C@@H]2C[C@@H](O)CN2C(=O)[C@@H](NC(=O)COC2CN(CC#Cc3ccc4c(c3)CN([C@H]3C(C)(C)[C@H](Oc5ccc(C#N)c(Cl)c5)C3(C)C)C4=O)C2)C(C)(C)C)cc1. The van der Waals surface area contributed by atoms with Crippen LogP contribution in [-0.2, 0) is 25.7 Å². The van der Waals surface area contributed by atoms with E-state index in [-0.39, 0.29) is 66.5 Å². The lowest BCUT2D eigenvalue weighted by Gasteiger charge is -2.65. The average Bonchev–Trinajstić information content (AvgIpc) is 3.99. The van der Waals surface area contributed by atoms with Gasteiger partial charge in [0.2, 0.25) is 17.7 Å². The molecule has 70 heavy (non-hydrogen) atoms. The molecule has 4 atom stereocenters. The second kappa shape index (κ2) is 19.8. The Kier molecular flexibility index (Phi) is 14.3. The Morgan fingerprint density at radius 3 is 2.37 bits per heavy atom. The lowest BCUT2D eigenvalue weighted by Crippen LogP contribution is -2.74. The van der Waals surface area contributed by atoms with Crippen molar-refractivity contribution in [1.82, 2.24) is 30.3 Å². The van der Waals surface area contributed by atoms with Gasteiger partial charge in [-0.3, -0.25) is 24.1 Å². The van der Waals surface area contributed by atoms with Gasteiger partial charge in [-0.05, 0) is 66.3 Å². The lowest BCUT2D eigenvalue weighted by atomic mass is 9.49. The van der Waals surface area contributed by atoms with E-state index in [0.717, 1.165) is 32.8 Å². The van der Waals surface area contributed by atoms with Crippen molar-refractivity contribution in [2.45, 2.75) is 118 Å². The van der Waals surface area contributed by atoms with Crippen LogP contribution in [0.1, 0.15) is 106 Å². The number of nitrogens with zero attached hydrogens (tertiary/aromatic N) is 5. The van der Waals surface area contributed by atoms with Crippen molar-refractivity contribution in [3.8, 4) is 34.1 Å². The van der Waals surface area contributed by atoms with E-state index in [1.807, 2.05) is 87.5 Å². The summed E-state index contributed by atoms with van der Waals surface area (Å²) >= 11 is 7.87. The second-order valence-corrected chi connectivity index (χ2v) is 22.7. The quantitative estimate of drug-likeness (QED) is 0.119. The van der Waals surface area contributed by atoms with Gasteiger partial charge < -0.3 is 35.0 Å². The number of aryl methyl sites for hydroxylation is 1. The van der Waals surface area contributed by atoms with Gasteiger partial charge in [0.15, 0.2) is 0 Å². The van der Waals surface area contributed by atoms with Gasteiger partial charge in [-0.15, -0.1) is 11.3 Å². The predicted octanol–water partition coefficient (Wildman–Crippen LogP) is 6.90. The molecule has 3 aliphatic heterocycles. The van der Waals surface area contributed by atoms with E-state index in [2.05, 4.69) is 66.1 Å². The minimum absolute atomic E-state index is 0.00644. The van der Waals surface area contributed by atoms with Gasteiger partial charge in [-0.1, -0.05) is 96.2 Å². The molecular weight excluding hydrogens is 926 g/mol. The van der Waals surface area contributed by atoms with Crippen LogP contribution >= 0.6 is 22.9 Å². The molecule has 4 aliphatic rings. The maximum atomic E-state index is 14.2. The Morgan fingerprint density at radius 2 is 1.73 bits per heavy atom. The van der Waals surface area contributed by atoms with Crippen LogP contribution in [-0.4, -0.2) is 118 Å². The number of thiazole rings is 1. The van der Waals surface area contributed by atoms with E-state index in [4.69, 9.17) is 21.1 Å². The third-order valence-corrected chi connectivity index (χ3v) is 15.6. The average molecular weight is 989 g/mol. The third kappa shape index (κ3) is 10.2. The first-order chi connectivity index (χ1) is 33.1. The van der Waals surface area contributed by atoms with E-state index in [1.165, 1.54) is 4.90 Å². The number of carbonyl (C=O) groups is 4.